The maximum absolute atomic E-state index is 12.2. The minimum absolute atomic E-state index is 0.0584. The van der Waals surface area contributed by atoms with E-state index in [-0.39, 0.29) is 12.2 Å². The molecular weight excluding hydrogens is 244 g/mol. The fourth-order valence-corrected chi connectivity index (χ4v) is 1.69. The van der Waals surface area contributed by atoms with Gasteiger partial charge in [0.15, 0.2) is 5.78 Å². The van der Waals surface area contributed by atoms with Crippen molar-refractivity contribution in [3.05, 3.63) is 47.7 Å². The Morgan fingerprint density at radius 3 is 2.47 bits per heavy atom. The summed E-state index contributed by atoms with van der Waals surface area (Å²) >= 11 is 0. The lowest BCUT2D eigenvalue weighted by molar-refractivity contribution is 0.0988. The number of Topliss-reactive ketones (excluding diaryl/α,β-unsaturated/α-hetero) is 1. The summed E-state index contributed by atoms with van der Waals surface area (Å²) in [5.74, 6) is 0.930. The summed E-state index contributed by atoms with van der Waals surface area (Å²) in [5, 5.41) is 7.76. The summed E-state index contributed by atoms with van der Waals surface area (Å²) in [4.78, 5) is 12.2. The second-order valence-corrected chi connectivity index (χ2v) is 3.87. The molecule has 0 bridgehead atoms. The molecule has 1 heterocycles. The quantitative estimate of drug-likeness (QED) is 0.767. The maximum atomic E-state index is 12.2. The van der Waals surface area contributed by atoms with Gasteiger partial charge in [0.25, 0.3) is 0 Å². The molecule has 0 unspecified atom stereocenters. The molecule has 98 valence electrons. The van der Waals surface area contributed by atoms with Gasteiger partial charge in [-0.1, -0.05) is 12.1 Å². The van der Waals surface area contributed by atoms with Gasteiger partial charge >= 0.3 is 0 Å². The summed E-state index contributed by atoms with van der Waals surface area (Å²) in [6, 6.07) is 10.5. The van der Waals surface area contributed by atoms with Crippen molar-refractivity contribution in [2.75, 3.05) is 14.2 Å². The van der Waals surface area contributed by atoms with E-state index in [0.29, 0.717) is 22.9 Å². The fourth-order valence-electron chi connectivity index (χ4n) is 1.69. The summed E-state index contributed by atoms with van der Waals surface area (Å²) in [5.41, 5.74) is 1.14. The molecule has 0 amide bonds. The van der Waals surface area contributed by atoms with E-state index in [0.717, 1.165) is 0 Å². The van der Waals surface area contributed by atoms with Gasteiger partial charge in [-0.15, -0.1) is 5.10 Å². The molecule has 0 saturated carbocycles. The van der Waals surface area contributed by atoms with Crippen LogP contribution in [0.2, 0.25) is 0 Å². The van der Waals surface area contributed by atoms with Crippen LogP contribution in [-0.4, -0.2) is 30.2 Å². The number of ketones is 1. The summed E-state index contributed by atoms with van der Waals surface area (Å²) in [6.07, 6.45) is 0.178. The number of ether oxygens (including phenoxy) is 2. The van der Waals surface area contributed by atoms with E-state index in [1.54, 1.807) is 37.4 Å². The Morgan fingerprint density at radius 2 is 1.84 bits per heavy atom. The van der Waals surface area contributed by atoms with Crippen LogP contribution in [0.15, 0.2) is 36.4 Å². The molecule has 2 aromatic rings. The first-order valence-electron chi connectivity index (χ1n) is 5.77. The molecule has 0 saturated heterocycles. The molecule has 0 aliphatic heterocycles. The van der Waals surface area contributed by atoms with Crippen molar-refractivity contribution in [1.82, 2.24) is 10.2 Å². The highest BCUT2D eigenvalue weighted by Crippen LogP contribution is 2.19. The molecule has 5 heteroatoms. The van der Waals surface area contributed by atoms with E-state index >= 15 is 0 Å². The van der Waals surface area contributed by atoms with Crippen molar-refractivity contribution in [2.45, 2.75) is 6.42 Å². The van der Waals surface area contributed by atoms with E-state index in [2.05, 4.69) is 10.2 Å². The Balaban J connectivity index is 2.16. The average molecular weight is 258 g/mol. The third-order valence-corrected chi connectivity index (χ3v) is 2.65. The smallest absolute Gasteiger partial charge is 0.233 e. The van der Waals surface area contributed by atoms with Crippen LogP contribution >= 0.6 is 0 Å². The van der Waals surface area contributed by atoms with Crippen molar-refractivity contribution in [2.24, 2.45) is 0 Å². The molecule has 0 atom stereocenters. The van der Waals surface area contributed by atoms with E-state index in [4.69, 9.17) is 9.47 Å². The van der Waals surface area contributed by atoms with E-state index in [1.807, 2.05) is 6.07 Å². The van der Waals surface area contributed by atoms with E-state index in [1.165, 1.54) is 7.11 Å². The number of hydrogen-bond donors (Lipinski definition) is 0. The Morgan fingerprint density at radius 1 is 1.05 bits per heavy atom. The number of methoxy groups -OCH3 is 2. The molecule has 1 aromatic heterocycles. The van der Waals surface area contributed by atoms with Gasteiger partial charge in [-0.05, 0) is 18.2 Å². The minimum atomic E-state index is -0.0584. The lowest BCUT2D eigenvalue weighted by Gasteiger charge is -2.06. The van der Waals surface area contributed by atoms with Gasteiger partial charge in [0, 0.05) is 6.07 Å². The second-order valence-electron chi connectivity index (χ2n) is 3.87. The number of benzene rings is 1. The van der Waals surface area contributed by atoms with Crippen molar-refractivity contribution >= 4 is 5.78 Å². The van der Waals surface area contributed by atoms with Gasteiger partial charge < -0.3 is 9.47 Å². The topological polar surface area (TPSA) is 61.3 Å². The van der Waals surface area contributed by atoms with Crippen molar-refractivity contribution in [3.63, 3.8) is 0 Å². The van der Waals surface area contributed by atoms with E-state index < -0.39 is 0 Å². The zero-order valence-corrected chi connectivity index (χ0v) is 10.8. The molecule has 0 spiro atoms. The molecule has 0 fully saturated rings. The van der Waals surface area contributed by atoms with Crippen LogP contribution in [0.4, 0.5) is 0 Å². The van der Waals surface area contributed by atoms with Crippen LogP contribution in [-0.2, 0) is 6.42 Å². The normalized spacial score (nSPS) is 10.0. The number of para-hydroxylation sites is 1. The van der Waals surface area contributed by atoms with Gasteiger partial charge in [0.1, 0.15) is 5.75 Å². The van der Waals surface area contributed by atoms with Gasteiger partial charge in [-0.25, -0.2) is 0 Å². The van der Waals surface area contributed by atoms with Gasteiger partial charge in [-0.2, -0.15) is 5.10 Å². The van der Waals surface area contributed by atoms with E-state index in [9.17, 15) is 4.79 Å². The zero-order chi connectivity index (χ0) is 13.7. The summed E-state index contributed by atoms with van der Waals surface area (Å²) < 4.78 is 10.1. The molecule has 0 radical (unpaired) electrons. The fraction of sp³-hybridized carbons (Fsp3) is 0.214. The van der Waals surface area contributed by atoms with Crippen LogP contribution in [0, 0.1) is 0 Å². The SMILES string of the molecule is COc1ccc(CC(=O)c2ccccc2OC)nn1. The van der Waals surface area contributed by atoms with Crippen LogP contribution in [0.1, 0.15) is 16.1 Å². The van der Waals surface area contributed by atoms with Crippen LogP contribution in [0.5, 0.6) is 11.6 Å². The monoisotopic (exact) mass is 258 g/mol. The highest BCUT2D eigenvalue weighted by atomic mass is 16.5. The predicted octanol–water partition coefficient (Wildman–Crippen LogP) is 1.92. The highest BCUT2D eigenvalue weighted by molar-refractivity contribution is 5.99. The van der Waals surface area contributed by atoms with Gasteiger partial charge in [0.05, 0.1) is 31.9 Å². The van der Waals surface area contributed by atoms with Gasteiger partial charge in [-0.3, -0.25) is 4.79 Å². The first kappa shape index (κ1) is 13.0. The minimum Gasteiger partial charge on any atom is -0.496 e. The third kappa shape index (κ3) is 3.07. The third-order valence-electron chi connectivity index (χ3n) is 2.65. The number of aromatic nitrogens is 2. The van der Waals surface area contributed by atoms with Crippen molar-refractivity contribution < 1.29 is 14.3 Å². The molecule has 0 aliphatic carbocycles. The van der Waals surface area contributed by atoms with Gasteiger partial charge in [0.2, 0.25) is 5.88 Å². The first-order valence-corrected chi connectivity index (χ1v) is 5.77. The van der Waals surface area contributed by atoms with Crippen LogP contribution in [0.3, 0.4) is 0 Å². The number of rotatable bonds is 5. The maximum Gasteiger partial charge on any atom is 0.233 e. The summed E-state index contributed by atoms with van der Waals surface area (Å²) in [6.45, 7) is 0. The first-order chi connectivity index (χ1) is 9.24. The number of carbonyl (C=O) groups excluding carboxylic acids is 1. The highest BCUT2D eigenvalue weighted by Gasteiger charge is 2.13. The largest absolute Gasteiger partial charge is 0.496 e. The molecule has 0 N–H and O–H groups in total. The lowest BCUT2D eigenvalue weighted by Crippen LogP contribution is -2.07. The van der Waals surface area contributed by atoms with Crippen LogP contribution in [0.25, 0.3) is 0 Å². The van der Waals surface area contributed by atoms with Crippen LogP contribution < -0.4 is 9.47 Å². The standard InChI is InChI=1S/C14H14N2O3/c1-18-13-6-4-3-5-11(13)12(17)9-10-7-8-14(19-2)16-15-10/h3-8H,9H2,1-2H3. The summed E-state index contributed by atoms with van der Waals surface area (Å²) in [7, 11) is 3.06. The molecular formula is C14H14N2O3. The van der Waals surface area contributed by atoms with Crippen molar-refractivity contribution in [1.29, 1.82) is 0 Å². The molecule has 19 heavy (non-hydrogen) atoms. The lowest BCUT2D eigenvalue weighted by atomic mass is 10.1. The number of carbonyl (C=O) groups is 1. The number of nitrogens with zero attached hydrogens (tertiary/aromatic N) is 2. The van der Waals surface area contributed by atoms with Crippen molar-refractivity contribution in [3.8, 4) is 11.6 Å². The Bertz CT molecular complexity index is 567. The second kappa shape index (κ2) is 5.95. The molecule has 0 aliphatic rings. The zero-order valence-electron chi connectivity index (χ0n) is 10.8. The molecule has 2 rings (SSSR count). The molecule has 5 nitrogen and oxygen atoms in total. The molecule has 1 aromatic carbocycles. The Labute approximate surface area is 111 Å². The Hall–Kier alpha value is -2.43. The Kier molecular flexibility index (Phi) is 4.07. The average Bonchev–Trinajstić information content (AvgIpc) is 2.48. The number of hydrogen-bond acceptors (Lipinski definition) is 5. The predicted molar refractivity (Wildman–Crippen MR) is 69.6 cm³/mol.